The zero-order valence-corrected chi connectivity index (χ0v) is 13.9. The van der Waals surface area contributed by atoms with Crippen LogP contribution in [0.15, 0.2) is 52.8 Å². The molecular formula is C18H17N3O2S. The smallest absolute Gasteiger partial charge is 0.258 e. The van der Waals surface area contributed by atoms with E-state index in [2.05, 4.69) is 17.1 Å². The van der Waals surface area contributed by atoms with E-state index in [9.17, 15) is 9.59 Å². The van der Waals surface area contributed by atoms with Gasteiger partial charge in [0.25, 0.3) is 5.56 Å². The van der Waals surface area contributed by atoms with E-state index in [1.165, 1.54) is 27.4 Å². The molecule has 1 aromatic carbocycles. The molecule has 0 saturated carbocycles. The Morgan fingerprint density at radius 2 is 2.04 bits per heavy atom. The van der Waals surface area contributed by atoms with E-state index in [1.807, 2.05) is 28.5 Å². The summed E-state index contributed by atoms with van der Waals surface area (Å²) in [5.74, 6) is 0.468. The van der Waals surface area contributed by atoms with Gasteiger partial charge < -0.3 is 4.90 Å². The van der Waals surface area contributed by atoms with E-state index < -0.39 is 0 Å². The molecule has 1 aliphatic rings. The van der Waals surface area contributed by atoms with Crippen LogP contribution in [0.5, 0.6) is 0 Å². The van der Waals surface area contributed by atoms with Gasteiger partial charge >= 0.3 is 0 Å². The van der Waals surface area contributed by atoms with Gasteiger partial charge in [0.05, 0.1) is 12.2 Å². The van der Waals surface area contributed by atoms with Crippen LogP contribution in [0.1, 0.15) is 17.7 Å². The van der Waals surface area contributed by atoms with Crippen molar-refractivity contribution in [3.8, 4) is 0 Å². The molecule has 1 atom stereocenters. The summed E-state index contributed by atoms with van der Waals surface area (Å²) in [6.45, 7) is 1.13. The quantitative estimate of drug-likeness (QED) is 0.733. The van der Waals surface area contributed by atoms with E-state index in [0.717, 1.165) is 13.0 Å². The van der Waals surface area contributed by atoms with Crippen molar-refractivity contribution in [3.63, 3.8) is 0 Å². The van der Waals surface area contributed by atoms with Gasteiger partial charge in [0, 0.05) is 30.6 Å². The number of rotatable bonds is 4. The Balaban J connectivity index is 1.48. The molecule has 5 nitrogen and oxygen atoms in total. The number of fused-ring (bicyclic) bond motifs is 1. The molecule has 1 fully saturated rings. The van der Waals surface area contributed by atoms with Crippen molar-refractivity contribution in [1.29, 1.82) is 0 Å². The molecule has 6 heteroatoms. The van der Waals surface area contributed by atoms with E-state index in [-0.39, 0.29) is 11.5 Å². The molecule has 1 aliphatic heterocycles. The molecule has 0 aliphatic carbocycles. The third-order valence-electron chi connectivity index (χ3n) is 4.37. The van der Waals surface area contributed by atoms with Crippen LogP contribution in [0.4, 0.5) is 0 Å². The fourth-order valence-electron chi connectivity index (χ4n) is 3.26. The SMILES string of the molecule is O=C1C[C@@H](Cc2ccccc2)CN1Cc1cc(=O)n2ccsc2n1. The first kappa shape index (κ1) is 15.1. The molecule has 0 unspecified atom stereocenters. The number of aromatic nitrogens is 2. The van der Waals surface area contributed by atoms with Crippen LogP contribution in [-0.2, 0) is 17.8 Å². The molecule has 0 bridgehead atoms. The Morgan fingerprint density at radius 3 is 2.88 bits per heavy atom. The summed E-state index contributed by atoms with van der Waals surface area (Å²) in [4.78, 5) is 31.3. The van der Waals surface area contributed by atoms with Crippen molar-refractivity contribution in [2.24, 2.45) is 5.92 Å². The summed E-state index contributed by atoms with van der Waals surface area (Å²) in [7, 11) is 0. The number of benzene rings is 1. The highest BCUT2D eigenvalue weighted by atomic mass is 32.1. The van der Waals surface area contributed by atoms with E-state index in [0.29, 0.717) is 29.5 Å². The van der Waals surface area contributed by atoms with Crippen LogP contribution >= 0.6 is 11.3 Å². The van der Waals surface area contributed by atoms with Gasteiger partial charge in [-0.3, -0.25) is 14.0 Å². The first-order chi connectivity index (χ1) is 11.7. The Bertz CT molecular complexity index is 932. The first-order valence-corrected chi connectivity index (χ1v) is 8.84. The highest BCUT2D eigenvalue weighted by Crippen LogP contribution is 2.23. The van der Waals surface area contributed by atoms with Gasteiger partial charge in [0.2, 0.25) is 5.91 Å². The molecule has 1 saturated heterocycles. The highest BCUT2D eigenvalue weighted by Gasteiger charge is 2.29. The Labute approximate surface area is 143 Å². The van der Waals surface area contributed by atoms with Crippen LogP contribution in [0.2, 0.25) is 0 Å². The van der Waals surface area contributed by atoms with Crippen molar-refractivity contribution in [2.75, 3.05) is 6.54 Å². The lowest BCUT2D eigenvalue weighted by Crippen LogP contribution is -2.26. The number of hydrogen-bond acceptors (Lipinski definition) is 4. The lowest BCUT2D eigenvalue weighted by molar-refractivity contribution is -0.128. The number of likely N-dealkylation sites (tertiary alicyclic amines) is 1. The lowest BCUT2D eigenvalue weighted by atomic mass is 9.99. The minimum absolute atomic E-state index is 0.0938. The van der Waals surface area contributed by atoms with E-state index >= 15 is 0 Å². The summed E-state index contributed by atoms with van der Waals surface area (Å²) >= 11 is 1.43. The number of hydrogen-bond donors (Lipinski definition) is 0. The third kappa shape index (κ3) is 2.97. The maximum Gasteiger partial charge on any atom is 0.258 e. The van der Waals surface area contributed by atoms with Crippen molar-refractivity contribution in [3.05, 3.63) is 69.6 Å². The van der Waals surface area contributed by atoms with Gasteiger partial charge in [0.15, 0.2) is 4.96 Å². The van der Waals surface area contributed by atoms with Crippen molar-refractivity contribution >= 4 is 22.2 Å². The number of amides is 1. The van der Waals surface area contributed by atoms with Crippen LogP contribution in [-0.4, -0.2) is 26.7 Å². The molecule has 2 aromatic heterocycles. The molecule has 0 N–H and O–H groups in total. The minimum Gasteiger partial charge on any atom is -0.336 e. The second-order valence-electron chi connectivity index (χ2n) is 6.18. The van der Waals surface area contributed by atoms with Gasteiger partial charge in [-0.05, 0) is 17.9 Å². The molecular weight excluding hydrogens is 322 g/mol. The van der Waals surface area contributed by atoms with Crippen molar-refractivity contribution in [1.82, 2.24) is 14.3 Å². The summed E-state index contributed by atoms with van der Waals surface area (Å²) in [6, 6.07) is 11.8. The van der Waals surface area contributed by atoms with Crippen LogP contribution in [0.25, 0.3) is 4.96 Å². The zero-order valence-electron chi connectivity index (χ0n) is 13.1. The molecule has 4 rings (SSSR count). The molecule has 1 amide bonds. The second-order valence-corrected chi connectivity index (χ2v) is 7.05. The Morgan fingerprint density at radius 1 is 1.21 bits per heavy atom. The highest BCUT2D eigenvalue weighted by molar-refractivity contribution is 7.15. The summed E-state index contributed by atoms with van der Waals surface area (Å²) < 4.78 is 1.53. The van der Waals surface area contributed by atoms with Crippen molar-refractivity contribution < 1.29 is 4.79 Å². The maximum atomic E-state index is 12.3. The van der Waals surface area contributed by atoms with Crippen LogP contribution in [0, 0.1) is 5.92 Å². The average molecular weight is 339 g/mol. The number of carbonyl (C=O) groups excluding carboxylic acids is 1. The van der Waals surface area contributed by atoms with Gasteiger partial charge in [-0.1, -0.05) is 30.3 Å². The Hall–Kier alpha value is -2.47. The normalized spacial score (nSPS) is 17.8. The monoisotopic (exact) mass is 339 g/mol. The molecule has 3 aromatic rings. The van der Waals surface area contributed by atoms with Gasteiger partial charge in [-0.2, -0.15) is 0 Å². The minimum atomic E-state index is -0.0938. The standard InChI is InChI=1S/C18H17N3O2S/c22-16-9-14(8-13-4-2-1-3-5-13)11-20(16)12-15-10-17(23)21-6-7-24-18(21)19-15/h1-7,10,14H,8-9,11-12H2/t14-/m1/s1. The fourth-order valence-corrected chi connectivity index (χ4v) is 3.99. The summed E-state index contributed by atoms with van der Waals surface area (Å²) in [6.07, 6.45) is 3.19. The lowest BCUT2D eigenvalue weighted by Gasteiger charge is -2.16. The van der Waals surface area contributed by atoms with Crippen molar-refractivity contribution in [2.45, 2.75) is 19.4 Å². The average Bonchev–Trinajstić information content (AvgIpc) is 3.16. The zero-order chi connectivity index (χ0) is 16.5. The predicted octanol–water partition coefficient (Wildman–Crippen LogP) is 2.35. The van der Waals surface area contributed by atoms with Gasteiger partial charge in [-0.25, -0.2) is 4.98 Å². The molecule has 0 radical (unpaired) electrons. The summed E-state index contributed by atoms with van der Waals surface area (Å²) in [5.41, 5.74) is 1.83. The molecule has 24 heavy (non-hydrogen) atoms. The molecule has 3 heterocycles. The predicted molar refractivity (Wildman–Crippen MR) is 93.0 cm³/mol. The fraction of sp³-hybridized carbons (Fsp3) is 0.278. The van der Waals surface area contributed by atoms with E-state index in [1.54, 1.807) is 6.20 Å². The first-order valence-electron chi connectivity index (χ1n) is 7.96. The molecule has 122 valence electrons. The van der Waals surface area contributed by atoms with Crippen LogP contribution < -0.4 is 5.56 Å². The number of thiazole rings is 1. The van der Waals surface area contributed by atoms with E-state index in [4.69, 9.17) is 0 Å². The van der Waals surface area contributed by atoms with Gasteiger partial charge in [0.1, 0.15) is 0 Å². The third-order valence-corrected chi connectivity index (χ3v) is 5.13. The summed E-state index contributed by atoms with van der Waals surface area (Å²) in [5, 5.41) is 1.84. The second kappa shape index (κ2) is 6.20. The largest absolute Gasteiger partial charge is 0.336 e. The maximum absolute atomic E-state index is 12.3. The topological polar surface area (TPSA) is 54.7 Å². The number of carbonyl (C=O) groups is 1. The van der Waals surface area contributed by atoms with Crippen LogP contribution in [0.3, 0.4) is 0 Å². The van der Waals surface area contributed by atoms with Gasteiger partial charge in [-0.15, -0.1) is 11.3 Å². The molecule has 0 spiro atoms. The Kier molecular flexibility index (Phi) is 3.90. The number of nitrogens with zero attached hydrogens (tertiary/aromatic N) is 3.